The number of nitrogens with one attached hydrogen (secondary N) is 5. The summed E-state index contributed by atoms with van der Waals surface area (Å²) in [6.45, 7) is 6.89. The summed E-state index contributed by atoms with van der Waals surface area (Å²) in [4.78, 5) is 187. The Morgan fingerprint density at radius 1 is 0.355 bits per heavy atom. The Morgan fingerprint density at radius 2 is 0.736 bits per heavy atom. The lowest BCUT2D eigenvalue weighted by atomic mass is 9.82. The molecule has 0 fully saturated rings. The van der Waals surface area contributed by atoms with Crippen LogP contribution in [-0.2, 0) is 62.3 Å². The van der Waals surface area contributed by atoms with E-state index >= 15 is 0 Å². The van der Waals surface area contributed by atoms with Crippen LogP contribution >= 0.6 is 0 Å². The summed E-state index contributed by atoms with van der Waals surface area (Å²) in [5.74, 6) is -7.96. The molecule has 0 aliphatic heterocycles. The van der Waals surface area contributed by atoms with Crippen LogP contribution in [0.15, 0.2) is 48.5 Å². The van der Waals surface area contributed by atoms with E-state index in [0.29, 0.717) is 192 Å². The minimum Gasteiger partial charge on any atom is -0.494 e. The zero-order valence-electron chi connectivity index (χ0n) is 72.4. The van der Waals surface area contributed by atoms with Gasteiger partial charge in [-0.15, -0.1) is 0 Å². The Labute approximate surface area is 720 Å². The summed E-state index contributed by atoms with van der Waals surface area (Å²) in [5, 5.41) is 51.3. The maximum absolute atomic E-state index is 13.8. The van der Waals surface area contributed by atoms with E-state index in [2.05, 4.69) is 26.6 Å². The fraction of sp³-hybridized carbons (Fsp3) is 0.700. The Kier molecular flexibility index (Phi) is 58.0. The molecule has 0 heterocycles. The Hall–Kier alpha value is -8.91. The molecule has 31 nitrogen and oxygen atoms in total. The summed E-state index contributed by atoms with van der Waals surface area (Å²) in [6.07, 6.45) is 23.6. The number of carbonyl (C=O) groups excluding carboxylic acids is 11. The van der Waals surface area contributed by atoms with Gasteiger partial charge in [0.1, 0.15) is 46.5 Å². The lowest BCUT2D eigenvalue weighted by Gasteiger charge is -2.23. The van der Waals surface area contributed by atoms with Crippen molar-refractivity contribution in [2.24, 2.45) is 46.4 Å². The summed E-state index contributed by atoms with van der Waals surface area (Å²) in [7, 11) is 0. The number of hydrogen-bond donors (Lipinski definition) is 14. The van der Waals surface area contributed by atoms with E-state index in [-0.39, 0.29) is 150 Å². The van der Waals surface area contributed by atoms with E-state index < -0.39 is 77.4 Å². The van der Waals surface area contributed by atoms with Crippen molar-refractivity contribution >= 4 is 88.1 Å². The number of rotatable bonds is 78. The number of carboxylic acid groups (broad SMARTS) is 4. The second-order valence-electron chi connectivity index (χ2n) is 33.0. The van der Waals surface area contributed by atoms with Crippen molar-refractivity contribution in [3.63, 3.8) is 0 Å². The minimum atomic E-state index is -1.20. The Bertz CT molecular complexity index is 3460. The molecule has 121 heavy (non-hydrogen) atoms. The zero-order valence-corrected chi connectivity index (χ0v) is 72.4. The van der Waals surface area contributed by atoms with Crippen LogP contribution < -0.4 is 64.7 Å². The van der Waals surface area contributed by atoms with Gasteiger partial charge in [0.05, 0.1) is 60.0 Å². The normalized spacial score (nSPS) is 13.4. The number of aromatic carboxylic acids is 2. The second kappa shape index (κ2) is 64.8. The molecule has 0 unspecified atom stereocenters. The highest BCUT2D eigenvalue weighted by atomic mass is 16.5. The van der Waals surface area contributed by atoms with Crippen molar-refractivity contribution in [2.45, 2.75) is 345 Å². The fourth-order valence-corrected chi connectivity index (χ4v) is 13.8. The van der Waals surface area contributed by atoms with Crippen LogP contribution in [0.2, 0.25) is 0 Å². The Balaban J connectivity index is 0. The monoisotopic (exact) mass is 1710 g/mol. The molecule has 0 aliphatic carbocycles. The average molecular weight is 1710 g/mol. The van der Waals surface area contributed by atoms with Crippen molar-refractivity contribution in [1.29, 1.82) is 0 Å². The van der Waals surface area contributed by atoms with Gasteiger partial charge in [-0.3, -0.25) is 57.5 Å². The molecule has 19 N–H and O–H groups in total. The molecule has 2 rings (SSSR count). The van der Waals surface area contributed by atoms with Gasteiger partial charge in [-0.2, -0.15) is 0 Å². The van der Waals surface area contributed by atoms with Crippen molar-refractivity contribution in [1.82, 2.24) is 26.6 Å². The number of amides is 5. The third kappa shape index (κ3) is 53.6. The predicted octanol–water partition coefficient (Wildman–Crippen LogP) is 11.3. The highest BCUT2D eigenvalue weighted by Crippen LogP contribution is 2.26. The van der Waals surface area contributed by atoms with Crippen LogP contribution in [0.3, 0.4) is 0 Å². The van der Waals surface area contributed by atoms with E-state index in [1.165, 1.54) is 31.2 Å². The topological polar surface area (TPSA) is 546 Å². The van der Waals surface area contributed by atoms with Crippen molar-refractivity contribution in [3.8, 4) is 11.5 Å². The molecule has 0 bridgehead atoms. The molecule has 0 aromatic heterocycles. The highest BCUT2D eigenvalue weighted by molar-refractivity contribution is 5.94. The number of carboxylic acids is 4. The van der Waals surface area contributed by atoms with Gasteiger partial charge < -0.3 is 85.2 Å². The molecule has 0 spiro atoms. The van der Waals surface area contributed by atoms with E-state index in [0.717, 1.165) is 77.0 Å². The van der Waals surface area contributed by atoms with Gasteiger partial charge in [-0.1, -0.05) is 103 Å². The molecule has 0 saturated carbocycles. The van der Waals surface area contributed by atoms with Crippen LogP contribution in [0.25, 0.3) is 0 Å². The number of nitrogens with two attached hydrogens (primary N) is 5. The van der Waals surface area contributed by atoms with Crippen LogP contribution in [0.4, 0.5) is 0 Å². The lowest BCUT2D eigenvalue weighted by molar-refractivity contribution is -0.144. The van der Waals surface area contributed by atoms with E-state index in [1.807, 2.05) is 0 Å². The number of ketones is 6. The predicted molar refractivity (Wildman–Crippen MR) is 467 cm³/mol. The first kappa shape index (κ1) is 108. The quantitative estimate of drug-likeness (QED) is 0.0274. The number of hydrogen-bond acceptors (Lipinski definition) is 22. The van der Waals surface area contributed by atoms with Crippen LogP contribution in [-0.4, -0.2) is 184 Å². The van der Waals surface area contributed by atoms with Gasteiger partial charge in [0.15, 0.2) is 5.78 Å². The molecular weight excluding hydrogens is 1560 g/mol. The lowest BCUT2D eigenvalue weighted by Crippen LogP contribution is -2.43. The summed E-state index contributed by atoms with van der Waals surface area (Å²) in [6, 6.07) is 8.41. The van der Waals surface area contributed by atoms with Crippen molar-refractivity contribution in [2.75, 3.05) is 39.4 Å². The van der Waals surface area contributed by atoms with Gasteiger partial charge in [0, 0.05) is 100 Å². The number of carbonyl (C=O) groups is 15. The summed E-state index contributed by atoms with van der Waals surface area (Å²) in [5.41, 5.74) is 30.0. The minimum absolute atomic E-state index is 0. The third-order valence-electron chi connectivity index (χ3n) is 21.8. The first-order chi connectivity index (χ1) is 57.7. The number of Topliss-reactive ketones (excluding diaryl/α,β-unsaturated/α-hetero) is 6. The van der Waals surface area contributed by atoms with Gasteiger partial charge in [0.2, 0.25) is 29.5 Å². The molecule has 0 saturated heterocycles. The molecule has 31 heteroatoms. The van der Waals surface area contributed by atoms with E-state index in [9.17, 15) is 82.1 Å². The molecule has 0 aliphatic rings. The smallest absolute Gasteiger partial charge is 0.335 e. The van der Waals surface area contributed by atoms with Crippen molar-refractivity contribution in [3.05, 3.63) is 59.7 Å². The first-order valence-corrected chi connectivity index (χ1v) is 44.4. The second-order valence-corrected chi connectivity index (χ2v) is 33.0. The SMILES string of the molecule is CC(=O)[C@H](CCCCNC(=O)[C@@H](N)CCCCCC(=O)[C@@H](N)CCCCNC(=O)CC[C@H](CC(=O)CCCCCCCCCOc1ccc(C(=O)O)cc1)C(=O)O)CC(=O)[C@H](CCCCNC(=O)[C@@H](N)CCCCNC(=O)[C@@H](N)CCCCCC(=O)CC[C@H](NC(=O)CCCCCCCCCOc1ccc(C(=O)O)cc1)C(=O)O)CC(=O)C(C)(C)N.[HH].[HH].[HH]. The Morgan fingerprint density at radius 3 is 1.17 bits per heavy atom. The molecule has 8 atom stereocenters. The van der Waals surface area contributed by atoms with Crippen molar-refractivity contribution < 1.29 is 106 Å². The fourth-order valence-electron chi connectivity index (χ4n) is 13.8. The zero-order chi connectivity index (χ0) is 89.8. The number of ether oxygens (including phenoxy) is 2. The largest absolute Gasteiger partial charge is 0.494 e. The van der Waals surface area contributed by atoms with Gasteiger partial charge in [0.25, 0.3) is 0 Å². The van der Waals surface area contributed by atoms with Gasteiger partial charge in [-0.25, -0.2) is 14.4 Å². The van der Waals surface area contributed by atoms with Gasteiger partial charge in [-0.05, 0) is 198 Å². The summed E-state index contributed by atoms with van der Waals surface area (Å²) < 4.78 is 11.3. The molecule has 0 radical (unpaired) electrons. The van der Waals surface area contributed by atoms with E-state index in [1.54, 1.807) is 38.1 Å². The average Bonchev–Trinajstić information content (AvgIpc) is 0.766. The van der Waals surface area contributed by atoms with Gasteiger partial charge >= 0.3 is 23.9 Å². The number of aliphatic carboxylic acids is 2. The number of unbranched alkanes of at least 4 members (excludes halogenated alkanes) is 20. The molecule has 5 amide bonds. The molecule has 2 aromatic carbocycles. The van der Waals surface area contributed by atoms with Crippen LogP contribution in [0, 0.1) is 17.8 Å². The van der Waals surface area contributed by atoms with Crippen LogP contribution in [0.5, 0.6) is 11.5 Å². The third-order valence-corrected chi connectivity index (χ3v) is 21.8. The van der Waals surface area contributed by atoms with Crippen LogP contribution in [0.1, 0.15) is 335 Å². The number of benzene rings is 2. The maximum atomic E-state index is 13.8. The summed E-state index contributed by atoms with van der Waals surface area (Å²) >= 11 is 0. The molecular formula is C90H152N10O21. The highest BCUT2D eigenvalue weighted by Gasteiger charge is 2.32. The molecule has 2 aromatic rings. The maximum Gasteiger partial charge on any atom is 0.335 e. The first-order valence-electron chi connectivity index (χ1n) is 44.4. The standard InChI is InChI=1S/C90H146N10O21.3H2/c1-63(101)66(32-22-26-55-97-83(109)75(93)38-19-15-20-40-78(104)73(91)36-24-28-54-96-81(107)53-46-68(88(116)117)60-70(103)35-16-10-6-4-8-12-30-58-120-71-48-42-64(43-49-71)86(112)113)61-79(105)67(62-80(106)90(2,3)95)33-23-27-56-98-85(111)76(94)39-25-29-57-99-84(110)74(92)37-18-14-17-34-69(102)47-52-77(89(118)119)100-82(108)41-21-11-7-5-9-13-31-59-121-72-50-44-65(45-51-72)87(114)115;;;/h42-45,48-51,66-68,73-77H,4-41,46-47,52-62,91-95H2,1-3H3,(H,96,107)(H,97,109)(H,98,111)(H,99,110)(H,100,108)(H,112,113)(H,114,115)(H,116,117)(H,118,119);3*1H/t66-,67-,68-,73+,74+,75+,76+,77+;;;/m1.../s1. The van der Waals surface area contributed by atoms with E-state index in [4.69, 9.17) is 48.4 Å². The molecule has 688 valence electrons.